The third-order valence-electron chi connectivity index (χ3n) is 5.11. The number of imidazole rings is 1. The van der Waals surface area contributed by atoms with E-state index in [9.17, 15) is 8.42 Å². The van der Waals surface area contributed by atoms with Gasteiger partial charge in [-0.2, -0.15) is 0 Å². The van der Waals surface area contributed by atoms with Crippen LogP contribution in [0.1, 0.15) is 0 Å². The Balaban J connectivity index is 1.74. The van der Waals surface area contributed by atoms with Crippen molar-refractivity contribution in [2.75, 3.05) is 3.01 Å². The van der Waals surface area contributed by atoms with Crippen molar-refractivity contribution in [2.24, 2.45) is 0 Å². The number of pyridine rings is 1. The van der Waals surface area contributed by atoms with E-state index in [1.54, 1.807) is 42.6 Å². The molecule has 0 saturated heterocycles. The van der Waals surface area contributed by atoms with E-state index >= 15 is 0 Å². The van der Waals surface area contributed by atoms with E-state index in [4.69, 9.17) is 4.98 Å². The van der Waals surface area contributed by atoms with Gasteiger partial charge in [-0.3, -0.25) is 0 Å². The van der Waals surface area contributed by atoms with Crippen LogP contribution in [0.25, 0.3) is 28.2 Å². The number of para-hydroxylation sites is 2. The second kappa shape index (κ2) is 8.31. The van der Waals surface area contributed by atoms with Gasteiger partial charge in [0.1, 0.15) is 0 Å². The number of hydrogen-bond acceptors (Lipinski definition) is 4. The van der Waals surface area contributed by atoms with Crippen LogP contribution >= 0.6 is 0 Å². The zero-order chi connectivity index (χ0) is 22.1. The fraction of sp³-hybridized carbons (Fsp3) is 0. The van der Waals surface area contributed by atoms with E-state index in [2.05, 4.69) is 4.98 Å². The van der Waals surface area contributed by atoms with Crippen LogP contribution in [-0.2, 0) is 10.0 Å². The van der Waals surface area contributed by atoms with Gasteiger partial charge in [-0.1, -0.05) is 0 Å². The van der Waals surface area contributed by atoms with Crippen LogP contribution in [0.5, 0.6) is 0 Å². The quantitative estimate of drug-likeness (QED) is 0.340. The van der Waals surface area contributed by atoms with Crippen molar-refractivity contribution in [3.8, 4) is 17.1 Å². The molecule has 0 spiro atoms. The molecule has 2 heterocycles. The van der Waals surface area contributed by atoms with Crippen LogP contribution in [-0.4, -0.2) is 41.8 Å². The molecular formula is C24H17GaN4O2S. The summed E-state index contributed by atoms with van der Waals surface area (Å²) in [6.07, 6.45) is 1.73. The molecule has 154 valence electrons. The first kappa shape index (κ1) is 20.6. The van der Waals surface area contributed by atoms with E-state index in [1.165, 1.54) is 3.01 Å². The first-order chi connectivity index (χ1) is 15.6. The third kappa shape index (κ3) is 3.52. The Bertz CT molecular complexity index is 1500. The van der Waals surface area contributed by atoms with E-state index in [0.717, 1.165) is 30.0 Å². The number of fused-ring (bicyclic) bond motifs is 1. The van der Waals surface area contributed by atoms with Crippen LogP contribution in [0.4, 0.5) is 5.69 Å². The van der Waals surface area contributed by atoms with Crippen molar-refractivity contribution in [1.29, 1.82) is 0 Å². The fourth-order valence-electron chi connectivity index (χ4n) is 3.61. The molecule has 2 aromatic heterocycles. The van der Waals surface area contributed by atoms with Crippen LogP contribution in [0.15, 0.2) is 108 Å². The molecular weight excluding hydrogens is 478 g/mol. The Morgan fingerprint density at radius 2 is 1.44 bits per heavy atom. The zero-order valence-corrected chi connectivity index (χ0v) is 20.1. The monoisotopic (exact) mass is 494 g/mol. The molecule has 8 heteroatoms. The van der Waals surface area contributed by atoms with Gasteiger partial charge in [0.15, 0.2) is 0 Å². The summed E-state index contributed by atoms with van der Waals surface area (Å²) < 4.78 is 30.0. The molecule has 0 aliphatic carbocycles. The average Bonchev–Trinajstić information content (AvgIpc) is 3.24. The molecule has 0 unspecified atom stereocenters. The van der Waals surface area contributed by atoms with E-state index < -0.39 is 10.0 Å². The van der Waals surface area contributed by atoms with Gasteiger partial charge in [0.25, 0.3) is 0 Å². The summed E-state index contributed by atoms with van der Waals surface area (Å²) in [5.74, 6) is 0.631. The van der Waals surface area contributed by atoms with Gasteiger partial charge in [-0.05, 0) is 0 Å². The van der Waals surface area contributed by atoms with Crippen LogP contribution in [0, 0.1) is 0 Å². The molecule has 0 aliphatic rings. The third-order valence-corrected chi connectivity index (χ3v) is 9.03. The van der Waals surface area contributed by atoms with Crippen molar-refractivity contribution in [1.82, 2.24) is 14.5 Å². The Morgan fingerprint density at radius 1 is 0.781 bits per heavy atom. The van der Waals surface area contributed by atoms with Crippen molar-refractivity contribution >= 4 is 45.7 Å². The fourth-order valence-corrected chi connectivity index (χ4v) is 5.99. The van der Waals surface area contributed by atoms with Gasteiger partial charge in [-0.25, -0.2) is 0 Å². The van der Waals surface area contributed by atoms with Gasteiger partial charge in [0.2, 0.25) is 0 Å². The molecule has 5 rings (SSSR count). The molecule has 0 bridgehead atoms. The number of aromatic nitrogens is 3. The summed E-state index contributed by atoms with van der Waals surface area (Å²) in [6.45, 7) is 0. The predicted molar refractivity (Wildman–Crippen MR) is 126 cm³/mol. The molecule has 5 aromatic rings. The van der Waals surface area contributed by atoms with Crippen molar-refractivity contribution < 1.29 is 8.42 Å². The Kier molecular flexibility index (Phi) is 5.34. The normalized spacial score (nSPS) is 11.5. The van der Waals surface area contributed by atoms with Crippen LogP contribution in [0.3, 0.4) is 0 Å². The number of sulfonamides is 1. The van der Waals surface area contributed by atoms with Gasteiger partial charge in [0, 0.05) is 0 Å². The Hall–Kier alpha value is -3.33. The molecule has 2 radical (unpaired) electrons. The average molecular weight is 495 g/mol. The summed E-state index contributed by atoms with van der Waals surface area (Å²) in [4.78, 5) is 9.64. The van der Waals surface area contributed by atoms with Gasteiger partial charge < -0.3 is 0 Å². The van der Waals surface area contributed by atoms with E-state index in [1.807, 2.05) is 65.2 Å². The van der Waals surface area contributed by atoms with Gasteiger partial charge in [-0.15, -0.1) is 0 Å². The summed E-state index contributed by atoms with van der Waals surface area (Å²) in [5, 5.41) is 0. The minimum absolute atomic E-state index is 0.248. The number of rotatable bonds is 5. The Morgan fingerprint density at radius 3 is 2.19 bits per heavy atom. The number of hydrogen-bond donors (Lipinski definition) is 0. The number of anilines is 1. The molecule has 32 heavy (non-hydrogen) atoms. The first-order valence-electron chi connectivity index (χ1n) is 9.91. The summed E-state index contributed by atoms with van der Waals surface area (Å²) in [6, 6.07) is 29.4. The minimum atomic E-state index is -3.72. The first-order valence-corrected chi connectivity index (χ1v) is 12.4. The van der Waals surface area contributed by atoms with Crippen molar-refractivity contribution in [3.63, 3.8) is 0 Å². The SMILES string of the molecule is O=S(=O)(c1ccccc1)[N]([Ga])c1ccccc1-c1nc2cccnc2n1-c1ccccc1. The maximum absolute atomic E-state index is 13.3. The number of nitrogens with zero attached hydrogens (tertiary/aromatic N) is 4. The zero-order valence-electron chi connectivity index (χ0n) is 16.9. The van der Waals surface area contributed by atoms with E-state index in [0.29, 0.717) is 22.7 Å². The summed E-state index contributed by atoms with van der Waals surface area (Å²) in [5.41, 5.74) is 3.61. The molecule has 0 aliphatic heterocycles. The molecule has 0 N–H and O–H groups in total. The van der Waals surface area contributed by atoms with Gasteiger partial charge >= 0.3 is 197 Å². The molecule has 0 saturated carbocycles. The Labute approximate surface area is 196 Å². The van der Waals surface area contributed by atoms with Crippen molar-refractivity contribution in [2.45, 2.75) is 4.90 Å². The molecule has 0 atom stereocenters. The van der Waals surface area contributed by atoms with Crippen LogP contribution < -0.4 is 3.01 Å². The van der Waals surface area contributed by atoms with Crippen molar-refractivity contribution in [3.05, 3.63) is 103 Å². The molecule has 6 nitrogen and oxygen atoms in total. The topological polar surface area (TPSA) is 68.1 Å². The van der Waals surface area contributed by atoms with Gasteiger partial charge in [0.05, 0.1) is 0 Å². The summed E-state index contributed by atoms with van der Waals surface area (Å²) in [7, 11) is -3.72. The van der Waals surface area contributed by atoms with Crippen LogP contribution in [0.2, 0.25) is 0 Å². The van der Waals surface area contributed by atoms with E-state index in [-0.39, 0.29) is 4.90 Å². The second-order valence-corrected chi connectivity index (χ2v) is 10.8. The standard InChI is InChI=1S/C24H17N4O2S.Ga/c29-31(30,19-12-5-2-6-13-19)27-21-15-8-7-14-20(21)23-26-22-16-9-17-25-24(22)28(23)18-10-3-1-4-11-18;/h1-17H;/q-1;+1. The number of benzene rings is 3. The molecule has 0 fully saturated rings. The molecule has 0 amide bonds. The maximum atomic E-state index is 13.3. The molecule has 3 aromatic carbocycles. The second-order valence-electron chi connectivity index (χ2n) is 7.08. The summed E-state index contributed by atoms with van der Waals surface area (Å²) >= 11 is 0.983. The predicted octanol–water partition coefficient (Wildman–Crippen LogP) is 4.37.